The lowest BCUT2D eigenvalue weighted by Gasteiger charge is -2.22. The maximum absolute atomic E-state index is 11.0. The molecule has 2 heterocycles. The van der Waals surface area contributed by atoms with Gasteiger partial charge in [0.15, 0.2) is 0 Å². The van der Waals surface area contributed by atoms with Crippen LogP contribution in [0.5, 0.6) is 5.75 Å². The highest BCUT2D eigenvalue weighted by Crippen LogP contribution is 2.36. The van der Waals surface area contributed by atoms with Crippen molar-refractivity contribution in [2.24, 2.45) is 0 Å². The zero-order chi connectivity index (χ0) is 19.5. The molecule has 0 fully saturated rings. The molecule has 2 aromatic heterocycles. The second-order valence-corrected chi connectivity index (χ2v) is 7.53. The Balaban J connectivity index is 1.83. The quantitative estimate of drug-likeness (QED) is 0.439. The summed E-state index contributed by atoms with van der Waals surface area (Å²) in [5.41, 5.74) is 3.54. The van der Waals surface area contributed by atoms with Crippen LogP contribution >= 0.6 is 11.8 Å². The van der Waals surface area contributed by atoms with Crippen LogP contribution in [-0.2, 0) is 0 Å². The summed E-state index contributed by atoms with van der Waals surface area (Å²) in [6.07, 6.45) is 5.54. The zero-order valence-electron chi connectivity index (χ0n) is 15.8. The number of hydrogen-bond acceptors (Lipinski definition) is 5. The summed E-state index contributed by atoms with van der Waals surface area (Å²) in [5.74, 6) is 0.955. The number of anilines is 1. The minimum absolute atomic E-state index is 0.192. The molecule has 0 saturated carbocycles. The van der Waals surface area contributed by atoms with Gasteiger partial charge in [0.2, 0.25) is 0 Å². The SMILES string of the molecule is CSc1ccc([C@@H](Nc2cc(C)ccn2)c2ccc3cccnc3c2O)cc1. The Hall–Kier alpha value is -3.05. The molecule has 28 heavy (non-hydrogen) atoms. The minimum atomic E-state index is -0.253. The number of phenolic OH excluding ortho intramolecular Hbond substituents is 1. The van der Waals surface area contributed by atoms with Crippen molar-refractivity contribution >= 4 is 28.5 Å². The van der Waals surface area contributed by atoms with E-state index >= 15 is 0 Å². The number of nitrogens with zero attached hydrogens (tertiary/aromatic N) is 2. The highest BCUT2D eigenvalue weighted by molar-refractivity contribution is 7.98. The highest BCUT2D eigenvalue weighted by Gasteiger charge is 2.20. The van der Waals surface area contributed by atoms with E-state index in [0.29, 0.717) is 5.52 Å². The van der Waals surface area contributed by atoms with Crippen molar-refractivity contribution in [2.75, 3.05) is 11.6 Å². The summed E-state index contributed by atoms with van der Waals surface area (Å²) in [6, 6.07) is 19.8. The van der Waals surface area contributed by atoms with Crippen molar-refractivity contribution in [3.8, 4) is 5.75 Å². The molecule has 0 amide bonds. The van der Waals surface area contributed by atoms with Gasteiger partial charge in [0.1, 0.15) is 17.1 Å². The first-order chi connectivity index (χ1) is 13.7. The molecule has 4 aromatic rings. The molecule has 0 saturated heterocycles. The minimum Gasteiger partial charge on any atom is -0.505 e. The van der Waals surface area contributed by atoms with E-state index in [0.717, 1.165) is 27.9 Å². The van der Waals surface area contributed by atoms with E-state index in [1.807, 2.05) is 43.3 Å². The highest BCUT2D eigenvalue weighted by atomic mass is 32.2. The molecule has 0 aliphatic carbocycles. The number of rotatable bonds is 5. The average molecular weight is 388 g/mol. The first-order valence-electron chi connectivity index (χ1n) is 9.05. The third-order valence-corrected chi connectivity index (χ3v) is 5.49. The summed E-state index contributed by atoms with van der Waals surface area (Å²) >= 11 is 1.70. The van der Waals surface area contributed by atoms with Crippen LogP contribution in [0.25, 0.3) is 10.9 Å². The molecular formula is C23H21N3OS. The number of phenols is 1. The lowest BCUT2D eigenvalue weighted by atomic mass is 9.96. The summed E-state index contributed by atoms with van der Waals surface area (Å²) < 4.78 is 0. The van der Waals surface area contributed by atoms with Gasteiger partial charge in [0.05, 0.1) is 6.04 Å². The molecule has 0 bridgehead atoms. The van der Waals surface area contributed by atoms with Crippen molar-refractivity contribution in [3.05, 3.63) is 89.7 Å². The number of hydrogen-bond donors (Lipinski definition) is 2. The maximum atomic E-state index is 11.0. The first kappa shape index (κ1) is 18.3. The third kappa shape index (κ3) is 3.66. The van der Waals surface area contributed by atoms with Crippen LogP contribution in [0.1, 0.15) is 22.7 Å². The number of aromatic hydroxyl groups is 1. The van der Waals surface area contributed by atoms with Gasteiger partial charge in [-0.1, -0.05) is 30.3 Å². The second kappa shape index (κ2) is 7.90. The number of benzene rings is 2. The van der Waals surface area contributed by atoms with Crippen molar-refractivity contribution in [1.29, 1.82) is 0 Å². The van der Waals surface area contributed by atoms with E-state index in [1.54, 1.807) is 24.2 Å². The number of aryl methyl sites for hydroxylation is 1. The van der Waals surface area contributed by atoms with E-state index < -0.39 is 0 Å². The van der Waals surface area contributed by atoms with Crippen LogP contribution in [0.3, 0.4) is 0 Å². The largest absolute Gasteiger partial charge is 0.505 e. The van der Waals surface area contributed by atoms with Crippen LogP contribution in [0.15, 0.2) is 78.0 Å². The Morgan fingerprint density at radius 3 is 2.54 bits per heavy atom. The average Bonchev–Trinajstić information content (AvgIpc) is 2.73. The molecule has 0 radical (unpaired) electrons. The van der Waals surface area contributed by atoms with Crippen molar-refractivity contribution in [3.63, 3.8) is 0 Å². The van der Waals surface area contributed by atoms with Gasteiger partial charge in [-0.05, 0) is 54.6 Å². The van der Waals surface area contributed by atoms with Gasteiger partial charge in [0, 0.05) is 28.2 Å². The smallest absolute Gasteiger partial charge is 0.147 e. The van der Waals surface area contributed by atoms with E-state index in [1.165, 1.54) is 4.90 Å². The molecule has 0 aliphatic heterocycles. The van der Waals surface area contributed by atoms with Gasteiger partial charge in [-0.25, -0.2) is 4.98 Å². The second-order valence-electron chi connectivity index (χ2n) is 6.65. The predicted molar refractivity (Wildman–Crippen MR) is 116 cm³/mol. The first-order valence-corrected chi connectivity index (χ1v) is 10.3. The van der Waals surface area contributed by atoms with Crippen molar-refractivity contribution in [2.45, 2.75) is 17.9 Å². The standard InChI is InChI=1S/C23H21N3OS/c1-15-11-13-24-20(14-15)26-21(17-5-8-18(28-2)9-6-17)19-10-7-16-4-3-12-25-22(16)23(19)27/h3-14,21,27H,1-2H3,(H,24,26)/t21-/m1/s1. The number of nitrogens with one attached hydrogen (secondary N) is 1. The molecule has 0 aliphatic rings. The summed E-state index contributed by atoms with van der Waals surface area (Å²) in [6.45, 7) is 2.03. The van der Waals surface area contributed by atoms with Crippen LogP contribution in [-0.4, -0.2) is 21.3 Å². The van der Waals surface area contributed by atoms with Crippen LogP contribution in [0.4, 0.5) is 5.82 Å². The number of pyridine rings is 2. The molecule has 4 rings (SSSR count). The molecule has 1 atom stereocenters. The van der Waals surface area contributed by atoms with Gasteiger partial charge < -0.3 is 10.4 Å². The number of aromatic nitrogens is 2. The van der Waals surface area contributed by atoms with Crippen molar-refractivity contribution < 1.29 is 5.11 Å². The van der Waals surface area contributed by atoms with Gasteiger partial charge >= 0.3 is 0 Å². The molecule has 0 unspecified atom stereocenters. The monoisotopic (exact) mass is 387 g/mol. The summed E-state index contributed by atoms with van der Waals surface area (Å²) in [5, 5.41) is 15.4. The molecule has 2 N–H and O–H groups in total. The molecule has 5 heteroatoms. The summed E-state index contributed by atoms with van der Waals surface area (Å²) in [7, 11) is 0. The molecule has 0 spiro atoms. The lowest BCUT2D eigenvalue weighted by molar-refractivity contribution is 0.471. The normalized spacial score (nSPS) is 12.1. The van der Waals surface area contributed by atoms with Gasteiger partial charge in [0.25, 0.3) is 0 Å². The van der Waals surface area contributed by atoms with E-state index in [2.05, 4.69) is 45.8 Å². The predicted octanol–water partition coefficient (Wildman–Crippen LogP) is 5.57. The fraction of sp³-hybridized carbons (Fsp3) is 0.130. The van der Waals surface area contributed by atoms with Gasteiger partial charge in [-0.3, -0.25) is 4.98 Å². The Kier molecular flexibility index (Phi) is 5.17. The zero-order valence-corrected chi connectivity index (χ0v) is 16.6. The lowest BCUT2D eigenvalue weighted by Crippen LogP contribution is -2.14. The Bertz CT molecular complexity index is 1110. The van der Waals surface area contributed by atoms with Crippen molar-refractivity contribution in [1.82, 2.24) is 9.97 Å². The number of thioether (sulfide) groups is 1. The van der Waals surface area contributed by atoms with E-state index in [4.69, 9.17) is 0 Å². The molecule has 2 aromatic carbocycles. The Morgan fingerprint density at radius 2 is 1.79 bits per heavy atom. The third-order valence-electron chi connectivity index (χ3n) is 4.75. The van der Waals surface area contributed by atoms with E-state index in [-0.39, 0.29) is 11.8 Å². The van der Waals surface area contributed by atoms with Crippen LogP contribution < -0.4 is 5.32 Å². The van der Waals surface area contributed by atoms with E-state index in [9.17, 15) is 5.11 Å². The van der Waals surface area contributed by atoms with Crippen LogP contribution in [0, 0.1) is 6.92 Å². The molecular weight excluding hydrogens is 366 g/mol. The maximum Gasteiger partial charge on any atom is 0.147 e. The molecule has 140 valence electrons. The summed E-state index contributed by atoms with van der Waals surface area (Å²) in [4.78, 5) is 10.0. The van der Waals surface area contributed by atoms with Crippen LogP contribution in [0.2, 0.25) is 0 Å². The fourth-order valence-corrected chi connectivity index (χ4v) is 3.69. The molecule has 4 nitrogen and oxygen atoms in total. The topological polar surface area (TPSA) is 58.0 Å². The van der Waals surface area contributed by atoms with Gasteiger partial charge in [-0.15, -0.1) is 11.8 Å². The fourth-order valence-electron chi connectivity index (χ4n) is 3.28. The number of fused-ring (bicyclic) bond motifs is 1. The Morgan fingerprint density at radius 1 is 0.964 bits per heavy atom. The Labute approximate surface area is 168 Å². The van der Waals surface area contributed by atoms with Gasteiger partial charge in [-0.2, -0.15) is 0 Å².